The summed E-state index contributed by atoms with van der Waals surface area (Å²) < 4.78 is 28.0. The van der Waals surface area contributed by atoms with E-state index in [9.17, 15) is 18.7 Å². The highest BCUT2D eigenvalue weighted by molar-refractivity contribution is 6.05. The number of aliphatic imine (C=N–C) groups is 1. The van der Waals surface area contributed by atoms with Crippen LogP contribution in [0.3, 0.4) is 0 Å². The van der Waals surface area contributed by atoms with Crippen molar-refractivity contribution < 1.29 is 18.7 Å². The zero-order valence-electron chi connectivity index (χ0n) is 15.4. The van der Waals surface area contributed by atoms with Gasteiger partial charge in [0.2, 0.25) is 0 Å². The first-order valence-electron chi connectivity index (χ1n) is 9.23. The van der Waals surface area contributed by atoms with Crippen LogP contribution >= 0.6 is 0 Å². The molecular weight excluding hydrogens is 374 g/mol. The number of phenols is 1. The van der Waals surface area contributed by atoms with Gasteiger partial charge in [-0.05, 0) is 54.8 Å². The summed E-state index contributed by atoms with van der Waals surface area (Å²) in [6, 6.07) is 17.0. The molecule has 0 aliphatic carbocycles. The zero-order chi connectivity index (χ0) is 20.4. The van der Waals surface area contributed by atoms with Gasteiger partial charge in [-0.3, -0.25) is 9.79 Å². The molecule has 1 aliphatic rings. The predicted molar refractivity (Wildman–Crippen MR) is 107 cm³/mol. The normalized spacial score (nSPS) is 15.8. The number of halogens is 2. The number of amides is 1. The Morgan fingerprint density at radius 2 is 1.66 bits per heavy atom. The Kier molecular flexibility index (Phi) is 5.08. The molecule has 0 fully saturated rings. The second-order valence-electron chi connectivity index (χ2n) is 6.82. The molecule has 4 rings (SSSR count). The molecular formula is C23H18F2N2O2. The lowest BCUT2D eigenvalue weighted by atomic mass is 10.0. The summed E-state index contributed by atoms with van der Waals surface area (Å²) in [7, 11) is 0. The lowest BCUT2D eigenvalue weighted by Crippen LogP contribution is -2.12. The number of carbonyl (C=O) groups excluding carboxylic acids is 1. The topological polar surface area (TPSA) is 61.7 Å². The fourth-order valence-corrected chi connectivity index (χ4v) is 3.43. The molecule has 1 atom stereocenters. The number of hydrogen-bond donors (Lipinski definition) is 2. The van der Waals surface area contributed by atoms with Crippen LogP contribution in [0.15, 0.2) is 71.7 Å². The Hall–Kier alpha value is -3.54. The summed E-state index contributed by atoms with van der Waals surface area (Å²) >= 11 is 0. The van der Waals surface area contributed by atoms with Crippen molar-refractivity contribution in [1.29, 1.82) is 0 Å². The van der Waals surface area contributed by atoms with E-state index in [1.807, 2.05) is 0 Å². The molecule has 3 aromatic carbocycles. The van der Waals surface area contributed by atoms with Gasteiger partial charge in [-0.1, -0.05) is 30.3 Å². The average molecular weight is 392 g/mol. The van der Waals surface area contributed by atoms with Gasteiger partial charge in [0.15, 0.2) is 0 Å². The first-order chi connectivity index (χ1) is 14.0. The number of benzene rings is 3. The first kappa shape index (κ1) is 18.8. The van der Waals surface area contributed by atoms with Crippen molar-refractivity contribution in [2.75, 3.05) is 5.32 Å². The van der Waals surface area contributed by atoms with Crippen molar-refractivity contribution in [2.24, 2.45) is 4.99 Å². The van der Waals surface area contributed by atoms with E-state index < -0.39 is 11.6 Å². The third-order valence-electron chi connectivity index (χ3n) is 4.93. The second-order valence-corrected chi connectivity index (χ2v) is 6.82. The molecule has 1 aliphatic heterocycles. The zero-order valence-corrected chi connectivity index (χ0v) is 15.4. The van der Waals surface area contributed by atoms with Gasteiger partial charge in [0.05, 0.1) is 17.3 Å². The molecule has 0 bridgehead atoms. The van der Waals surface area contributed by atoms with E-state index in [0.29, 0.717) is 29.8 Å². The Balaban J connectivity index is 1.51. The van der Waals surface area contributed by atoms with Gasteiger partial charge < -0.3 is 10.4 Å². The smallest absolute Gasteiger partial charge is 0.255 e. The number of anilines is 1. The number of para-hydroxylation sites is 2. The number of nitrogens with zero attached hydrogens (tertiary/aromatic N) is 1. The molecule has 0 radical (unpaired) electrons. The Labute approximate surface area is 166 Å². The van der Waals surface area contributed by atoms with Gasteiger partial charge in [0.25, 0.3) is 5.91 Å². The van der Waals surface area contributed by atoms with Crippen molar-refractivity contribution in [1.82, 2.24) is 0 Å². The molecule has 4 nitrogen and oxygen atoms in total. The van der Waals surface area contributed by atoms with Gasteiger partial charge in [0, 0.05) is 11.3 Å². The molecule has 0 saturated heterocycles. The maximum Gasteiger partial charge on any atom is 0.255 e. The number of rotatable bonds is 4. The van der Waals surface area contributed by atoms with Crippen LogP contribution in [0, 0.1) is 11.6 Å². The molecule has 0 spiro atoms. The minimum absolute atomic E-state index is 0.00864. The van der Waals surface area contributed by atoms with E-state index in [0.717, 1.165) is 5.56 Å². The molecule has 146 valence electrons. The van der Waals surface area contributed by atoms with Crippen LogP contribution in [-0.2, 0) is 0 Å². The minimum Gasteiger partial charge on any atom is -0.506 e. The Morgan fingerprint density at radius 3 is 2.34 bits per heavy atom. The standard InChI is InChI=1S/C23H18F2N2O2/c24-16-4-3-5-17(25)22(16)20-13-12-18(26-20)14-8-10-15(11-9-14)23(29)27-19-6-1-2-7-21(19)28/h1-11,18,28H,12-13H2,(H,27,29). The molecule has 1 unspecified atom stereocenters. The molecule has 2 N–H and O–H groups in total. The summed E-state index contributed by atoms with van der Waals surface area (Å²) in [5.41, 5.74) is 1.99. The van der Waals surface area contributed by atoms with Crippen LogP contribution in [0.5, 0.6) is 5.75 Å². The highest BCUT2D eigenvalue weighted by Gasteiger charge is 2.24. The predicted octanol–water partition coefficient (Wildman–Crippen LogP) is 5.25. The summed E-state index contributed by atoms with van der Waals surface area (Å²) in [4.78, 5) is 16.9. The molecule has 0 aromatic heterocycles. The van der Waals surface area contributed by atoms with Crippen molar-refractivity contribution in [3.05, 3.63) is 95.1 Å². The van der Waals surface area contributed by atoms with Crippen LogP contribution in [0.25, 0.3) is 0 Å². The first-order valence-corrected chi connectivity index (χ1v) is 9.23. The summed E-state index contributed by atoms with van der Waals surface area (Å²) in [6.45, 7) is 0. The molecule has 29 heavy (non-hydrogen) atoms. The van der Waals surface area contributed by atoms with Crippen LogP contribution in [0.4, 0.5) is 14.5 Å². The van der Waals surface area contributed by atoms with E-state index in [4.69, 9.17) is 0 Å². The summed E-state index contributed by atoms with van der Waals surface area (Å²) in [5, 5.41) is 12.4. The van der Waals surface area contributed by atoms with Gasteiger partial charge in [0.1, 0.15) is 17.4 Å². The summed E-state index contributed by atoms with van der Waals surface area (Å²) in [5.74, 6) is -1.58. The molecule has 3 aromatic rings. The fourth-order valence-electron chi connectivity index (χ4n) is 3.43. The van der Waals surface area contributed by atoms with Crippen LogP contribution in [0.1, 0.15) is 40.4 Å². The average Bonchev–Trinajstić information content (AvgIpc) is 3.19. The number of nitrogens with one attached hydrogen (secondary N) is 1. The SMILES string of the molecule is O=C(Nc1ccccc1O)c1ccc(C2CCC(c3c(F)cccc3F)=N2)cc1. The van der Waals surface area contributed by atoms with Gasteiger partial charge in [-0.25, -0.2) is 8.78 Å². The van der Waals surface area contributed by atoms with Crippen LogP contribution in [0.2, 0.25) is 0 Å². The van der Waals surface area contributed by atoms with Crippen LogP contribution < -0.4 is 5.32 Å². The highest BCUT2D eigenvalue weighted by Crippen LogP contribution is 2.32. The lowest BCUT2D eigenvalue weighted by Gasteiger charge is -2.10. The third kappa shape index (κ3) is 3.87. The number of phenolic OH excluding ortho intramolecular Hbond substituents is 1. The minimum atomic E-state index is -0.611. The lowest BCUT2D eigenvalue weighted by molar-refractivity contribution is 0.102. The Morgan fingerprint density at radius 1 is 0.966 bits per heavy atom. The highest BCUT2D eigenvalue weighted by atomic mass is 19.1. The molecule has 6 heteroatoms. The summed E-state index contributed by atoms with van der Waals surface area (Å²) in [6.07, 6.45) is 1.13. The van der Waals surface area contributed by atoms with E-state index in [2.05, 4.69) is 10.3 Å². The van der Waals surface area contributed by atoms with Gasteiger partial charge >= 0.3 is 0 Å². The van der Waals surface area contributed by atoms with Gasteiger partial charge in [-0.2, -0.15) is 0 Å². The van der Waals surface area contributed by atoms with Crippen molar-refractivity contribution in [2.45, 2.75) is 18.9 Å². The van der Waals surface area contributed by atoms with E-state index in [-0.39, 0.29) is 23.3 Å². The van der Waals surface area contributed by atoms with Crippen molar-refractivity contribution >= 4 is 17.3 Å². The maximum atomic E-state index is 14.0. The third-order valence-corrected chi connectivity index (χ3v) is 4.93. The van der Waals surface area contributed by atoms with E-state index >= 15 is 0 Å². The quantitative estimate of drug-likeness (QED) is 0.596. The molecule has 1 amide bonds. The largest absolute Gasteiger partial charge is 0.506 e. The van der Waals surface area contributed by atoms with Crippen molar-refractivity contribution in [3.63, 3.8) is 0 Å². The molecule has 0 saturated carbocycles. The second kappa shape index (κ2) is 7.83. The fraction of sp³-hybridized carbons (Fsp3) is 0.130. The number of aromatic hydroxyl groups is 1. The Bertz CT molecular complexity index is 1070. The van der Waals surface area contributed by atoms with Crippen LogP contribution in [-0.4, -0.2) is 16.7 Å². The number of carbonyl (C=O) groups is 1. The van der Waals surface area contributed by atoms with Gasteiger partial charge in [-0.15, -0.1) is 0 Å². The van der Waals surface area contributed by atoms with E-state index in [1.165, 1.54) is 24.3 Å². The van der Waals surface area contributed by atoms with E-state index in [1.54, 1.807) is 42.5 Å². The monoisotopic (exact) mass is 392 g/mol. The maximum absolute atomic E-state index is 14.0. The number of hydrogen-bond acceptors (Lipinski definition) is 3. The van der Waals surface area contributed by atoms with Crippen molar-refractivity contribution in [3.8, 4) is 5.75 Å². The molecule has 1 heterocycles.